The molecule has 16 heavy (non-hydrogen) atoms. The van der Waals surface area contributed by atoms with Gasteiger partial charge in [-0.15, -0.1) is 0 Å². The van der Waals surface area contributed by atoms with Gasteiger partial charge in [0, 0.05) is 11.8 Å². The van der Waals surface area contributed by atoms with Crippen molar-refractivity contribution in [1.82, 2.24) is 9.97 Å². The zero-order chi connectivity index (χ0) is 11.7. The molecule has 0 spiro atoms. The van der Waals surface area contributed by atoms with E-state index in [0.29, 0.717) is 15.9 Å². The molecule has 1 aromatic heterocycles. The standard InChI is InChI=1S/C10H4BrCl2FN2/c11-6-4-15-10(16-9(6)13)5-1-2-7(12)8(14)3-5/h1-4H. The first-order valence-corrected chi connectivity index (χ1v) is 5.76. The van der Waals surface area contributed by atoms with Crippen molar-refractivity contribution in [2.75, 3.05) is 0 Å². The number of halogens is 4. The lowest BCUT2D eigenvalue weighted by Gasteiger charge is -2.02. The van der Waals surface area contributed by atoms with Crippen LogP contribution in [0.3, 0.4) is 0 Å². The first-order chi connectivity index (χ1) is 7.58. The highest BCUT2D eigenvalue weighted by Gasteiger charge is 2.07. The van der Waals surface area contributed by atoms with Crippen LogP contribution in [-0.2, 0) is 0 Å². The smallest absolute Gasteiger partial charge is 0.161 e. The molecular weight excluding hydrogens is 318 g/mol. The van der Waals surface area contributed by atoms with Crippen LogP contribution in [0.1, 0.15) is 0 Å². The minimum absolute atomic E-state index is 0.0620. The van der Waals surface area contributed by atoms with E-state index in [9.17, 15) is 4.39 Å². The molecule has 2 nitrogen and oxygen atoms in total. The van der Waals surface area contributed by atoms with Crippen molar-refractivity contribution in [2.24, 2.45) is 0 Å². The van der Waals surface area contributed by atoms with Gasteiger partial charge < -0.3 is 0 Å². The molecule has 0 aliphatic heterocycles. The van der Waals surface area contributed by atoms with Gasteiger partial charge in [0.2, 0.25) is 0 Å². The summed E-state index contributed by atoms with van der Waals surface area (Å²) in [6.45, 7) is 0. The molecule has 0 aliphatic rings. The first-order valence-electron chi connectivity index (χ1n) is 4.21. The molecule has 0 amide bonds. The topological polar surface area (TPSA) is 25.8 Å². The van der Waals surface area contributed by atoms with Crippen molar-refractivity contribution in [1.29, 1.82) is 0 Å². The minimum atomic E-state index is -0.512. The van der Waals surface area contributed by atoms with E-state index in [-0.39, 0.29) is 10.2 Å². The maximum atomic E-state index is 13.2. The Morgan fingerprint density at radius 2 is 2.00 bits per heavy atom. The van der Waals surface area contributed by atoms with Crippen LogP contribution in [0.2, 0.25) is 10.2 Å². The predicted molar refractivity (Wildman–Crippen MR) is 65.1 cm³/mol. The SMILES string of the molecule is Fc1cc(-c2ncc(Br)c(Cl)n2)ccc1Cl. The molecule has 0 saturated heterocycles. The second-order valence-corrected chi connectivity index (χ2v) is 4.58. The molecule has 2 aromatic rings. The number of aromatic nitrogens is 2. The van der Waals surface area contributed by atoms with E-state index in [1.54, 1.807) is 6.07 Å². The predicted octanol–water partition coefficient (Wildman–Crippen LogP) is 4.35. The Morgan fingerprint density at radius 3 is 2.62 bits per heavy atom. The quantitative estimate of drug-likeness (QED) is 0.730. The molecule has 1 heterocycles. The van der Waals surface area contributed by atoms with Crippen molar-refractivity contribution in [3.63, 3.8) is 0 Å². The third-order valence-electron chi connectivity index (χ3n) is 1.88. The lowest BCUT2D eigenvalue weighted by molar-refractivity contribution is 0.628. The van der Waals surface area contributed by atoms with Gasteiger partial charge in [0.1, 0.15) is 11.0 Å². The third-order valence-corrected chi connectivity index (χ3v) is 3.28. The fourth-order valence-corrected chi connectivity index (χ4v) is 1.56. The van der Waals surface area contributed by atoms with Gasteiger partial charge in [-0.2, -0.15) is 0 Å². The second-order valence-electron chi connectivity index (χ2n) is 2.96. The molecule has 6 heteroatoms. The van der Waals surface area contributed by atoms with Gasteiger partial charge >= 0.3 is 0 Å². The maximum absolute atomic E-state index is 13.2. The van der Waals surface area contributed by atoms with Crippen molar-refractivity contribution in [3.05, 3.63) is 44.9 Å². The summed E-state index contributed by atoms with van der Waals surface area (Å²) in [6, 6.07) is 4.35. The number of hydrogen-bond acceptors (Lipinski definition) is 2. The second kappa shape index (κ2) is 4.65. The Balaban J connectivity index is 2.50. The maximum Gasteiger partial charge on any atom is 0.161 e. The zero-order valence-corrected chi connectivity index (χ0v) is 10.8. The molecule has 0 bridgehead atoms. The van der Waals surface area contributed by atoms with E-state index >= 15 is 0 Å². The number of benzene rings is 1. The minimum Gasteiger partial charge on any atom is -0.235 e. The normalized spacial score (nSPS) is 10.5. The molecule has 1 aromatic carbocycles. The highest BCUT2D eigenvalue weighted by Crippen LogP contribution is 2.25. The summed E-state index contributed by atoms with van der Waals surface area (Å²) >= 11 is 14.6. The van der Waals surface area contributed by atoms with Crippen LogP contribution in [0.5, 0.6) is 0 Å². The summed E-state index contributed by atoms with van der Waals surface area (Å²) < 4.78 is 13.8. The molecule has 2 rings (SSSR count). The number of hydrogen-bond donors (Lipinski definition) is 0. The average molecular weight is 322 g/mol. The molecule has 0 radical (unpaired) electrons. The Hall–Kier alpha value is -0.710. The molecule has 0 atom stereocenters. The van der Waals surface area contributed by atoms with E-state index in [0.717, 1.165) is 0 Å². The lowest BCUT2D eigenvalue weighted by atomic mass is 10.2. The van der Waals surface area contributed by atoms with Gasteiger partial charge in [0.05, 0.1) is 9.50 Å². The van der Waals surface area contributed by atoms with E-state index in [4.69, 9.17) is 23.2 Å². The van der Waals surface area contributed by atoms with Crippen LogP contribution >= 0.6 is 39.1 Å². The summed E-state index contributed by atoms with van der Waals surface area (Å²) in [5, 5.41) is 0.340. The molecule has 0 fully saturated rings. The summed E-state index contributed by atoms with van der Waals surface area (Å²) in [5.74, 6) is -0.162. The van der Waals surface area contributed by atoms with Crippen molar-refractivity contribution in [3.8, 4) is 11.4 Å². The summed E-state index contributed by atoms with van der Waals surface area (Å²) in [6.07, 6.45) is 1.51. The van der Waals surface area contributed by atoms with Crippen molar-refractivity contribution in [2.45, 2.75) is 0 Å². The summed E-state index contributed by atoms with van der Waals surface area (Å²) in [5.41, 5.74) is 0.524. The number of rotatable bonds is 1. The summed E-state index contributed by atoms with van der Waals surface area (Å²) in [4.78, 5) is 8.04. The fraction of sp³-hybridized carbons (Fsp3) is 0. The third kappa shape index (κ3) is 2.34. The molecule has 0 unspecified atom stereocenters. The van der Waals surface area contributed by atoms with Gasteiger partial charge in [0.15, 0.2) is 5.82 Å². The Kier molecular flexibility index (Phi) is 3.42. The highest BCUT2D eigenvalue weighted by atomic mass is 79.9. The fourth-order valence-electron chi connectivity index (χ4n) is 1.12. The van der Waals surface area contributed by atoms with E-state index in [1.807, 2.05) is 0 Å². The zero-order valence-electron chi connectivity index (χ0n) is 7.72. The highest BCUT2D eigenvalue weighted by molar-refractivity contribution is 9.10. The van der Waals surface area contributed by atoms with Crippen LogP contribution in [0.15, 0.2) is 28.9 Å². The van der Waals surface area contributed by atoms with Crippen LogP contribution in [0.4, 0.5) is 4.39 Å². The molecular formula is C10H4BrCl2FN2. The van der Waals surface area contributed by atoms with E-state index in [2.05, 4.69) is 25.9 Å². The summed E-state index contributed by atoms with van der Waals surface area (Å²) in [7, 11) is 0. The molecule has 0 saturated carbocycles. The van der Waals surface area contributed by atoms with Crippen LogP contribution in [-0.4, -0.2) is 9.97 Å². The Bertz CT molecular complexity index is 499. The first kappa shape index (κ1) is 11.8. The van der Waals surface area contributed by atoms with Crippen LogP contribution in [0.25, 0.3) is 11.4 Å². The van der Waals surface area contributed by atoms with Gasteiger partial charge in [0.25, 0.3) is 0 Å². The Morgan fingerprint density at radius 1 is 1.25 bits per heavy atom. The molecule has 0 N–H and O–H groups in total. The van der Waals surface area contributed by atoms with Crippen molar-refractivity contribution >= 4 is 39.1 Å². The monoisotopic (exact) mass is 320 g/mol. The lowest BCUT2D eigenvalue weighted by Crippen LogP contribution is -1.90. The van der Waals surface area contributed by atoms with Crippen LogP contribution < -0.4 is 0 Å². The van der Waals surface area contributed by atoms with Crippen LogP contribution in [0, 0.1) is 5.82 Å². The van der Waals surface area contributed by atoms with Crippen molar-refractivity contribution < 1.29 is 4.39 Å². The number of nitrogens with zero attached hydrogens (tertiary/aromatic N) is 2. The van der Waals surface area contributed by atoms with E-state index in [1.165, 1.54) is 18.3 Å². The molecule has 0 aliphatic carbocycles. The average Bonchev–Trinajstić information content (AvgIpc) is 2.26. The van der Waals surface area contributed by atoms with Gasteiger partial charge in [-0.25, -0.2) is 14.4 Å². The van der Waals surface area contributed by atoms with E-state index < -0.39 is 5.82 Å². The molecule has 82 valence electrons. The van der Waals surface area contributed by atoms with Gasteiger partial charge in [-0.1, -0.05) is 23.2 Å². The van der Waals surface area contributed by atoms with Gasteiger partial charge in [-0.3, -0.25) is 0 Å². The Labute approximate surface area is 110 Å². The van der Waals surface area contributed by atoms with Gasteiger partial charge in [-0.05, 0) is 34.1 Å². The largest absolute Gasteiger partial charge is 0.235 e.